The summed E-state index contributed by atoms with van der Waals surface area (Å²) in [5, 5.41) is 0. The quantitative estimate of drug-likeness (QED) is 0.452. The van der Waals surface area contributed by atoms with E-state index in [1.807, 2.05) is 43.7 Å². The van der Waals surface area contributed by atoms with Crippen molar-refractivity contribution in [1.29, 1.82) is 0 Å². The number of halogens is 1. The molecule has 1 heterocycles. The number of carbonyl (C=O) groups excluding carboxylic acids is 2. The van der Waals surface area contributed by atoms with Crippen LogP contribution >= 0.6 is 22.6 Å². The highest BCUT2D eigenvalue weighted by Crippen LogP contribution is 2.15. The summed E-state index contributed by atoms with van der Waals surface area (Å²) >= 11 is 2.07. The monoisotopic (exact) mass is 397 g/mol. The van der Waals surface area contributed by atoms with Gasteiger partial charge in [-0.05, 0) is 54.6 Å². The molecule has 2 rings (SSSR count). The van der Waals surface area contributed by atoms with Gasteiger partial charge in [0, 0.05) is 27.6 Å². The fourth-order valence-corrected chi connectivity index (χ4v) is 2.66. The largest absolute Gasteiger partial charge is 0.454 e. The van der Waals surface area contributed by atoms with Crippen molar-refractivity contribution in [2.75, 3.05) is 6.61 Å². The van der Waals surface area contributed by atoms with Crippen molar-refractivity contribution in [3.05, 3.63) is 56.4 Å². The zero-order valence-electron chi connectivity index (χ0n) is 12.1. The number of Topliss-reactive ketones (excluding diaryl/α,β-unsaturated/α-hetero) is 1. The van der Waals surface area contributed by atoms with E-state index in [9.17, 15) is 9.59 Å². The highest BCUT2D eigenvalue weighted by molar-refractivity contribution is 14.1. The number of aryl methyl sites for hydroxylation is 1. The molecule has 0 aliphatic rings. The second-order valence-corrected chi connectivity index (χ2v) is 5.99. The maximum atomic E-state index is 12.2. The maximum absolute atomic E-state index is 12.2. The fourth-order valence-electron chi connectivity index (χ4n) is 2.05. The van der Waals surface area contributed by atoms with Crippen LogP contribution in [0.15, 0.2) is 30.3 Å². The van der Waals surface area contributed by atoms with E-state index >= 15 is 0 Å². The summed E-state index contributed by atoms with van der Waals surface area (Å²) in [4.78, 5) is 24.1. The van der Waals surface area contributed by atoms with Crippen LogP contribution in [0.5, 0.6) is 0 Å². The van der Waals surface area contributed by atoms with Gasteiger partial charge in [0.05, 0.1) is 5.56 Å². The Hall–Kier alpha value is -1.63. The molecule has 0 fully saturated rings. The first-order valence-electron chi connectivity index (χ1n) is 6.49. The van der Waals surface area contributed by atoms with Crippen LogP contribution in [-0.4, -0.2) is 22.9 Å². The first kappa shape index (κ1) is 15.8. The smallest absolute Gasteiger partial charge is 0.339 e. The summed E-state index contributed by atoms with van der Waals surface area (Å²) in [5.41, 5.74) is 2.96. The van der Waals surface area contributed by atoms with Gasteiger partial charge >= 0.3 is 5.97 Å². The van der Waals surface area contributed by atoms with Crippen molar-refractivity contribution in [3.8, 4) is 0 Å². The first-order chi connectivity index (χ1) is 9.91. The second-order valence-electron chi connectivity index (χ2n) is 4.82. The molecule has 0 N–H and O–H groups in total. The number of hydrogen-bond donors (Lipinski definition) is 0. The molecule has 5 heteroatoms. The highest BCUT2D eigenvalue weighted by Gasteiger charge is 2.17. The Labute approximate surface area is 137 Å². The van der Waals surface area contributed by atoms with Crippen LogP contribution in [0.3, 0.4) is 0 Å². The molecule has 4 nitrogen and oxygen atoms in total. The van der Waals surface area contributed by atoms with E-state index in [0.29, 0.717) is 11.1 Å². The number of rotatable bonds is 4. The van der Waals surface area contributed by atoms with Gasteiger partial charge in [-0.2, -0.15) is 0 Å². The molecule has 0 radical (unpaired) electrons. The summed E-state index contributed by atoms with van der Waals surface area (Å²) in [6.45, 7) is 3.57. The molecule has 0 saturated heterocycles. The first-order valence-corrected chi connectivity index (χ1v) is 7.57. The van der Waals surface area contributed by atoms with E-state index in [1.54, 1.807) is 12.1 Å². The predicted octanol–water partition coefficient (Wildman–Crippen LogP) is 3.29. The average molecular weight is 397 g/mol. The molecule has 0 aliphatic heterocycles. The Balaban J connectivity index is 2.06. The van der Waals surface area contributed by atoms with Crippen LogP contribution in [0.1, 0.15) is 32.1 Å². The summed E-state index contributed by atoms with van der Waals surface area (Å²) in [5.74, 6) is -0.658. The minimum absolute atomic E-state index is 0.185. The number of aromatic nitrogens is 1. The van der Waals surface area contributed by atoms with Gasteiger partial charge in [0.2, 0.25) is 5.78 Å². The zero-order chi connectivity index (χ0) is 15.6. The molecule has 110 valence electrons. The number of esters is 1. The minimum Gasteiger partial charge on any atom is -0.454 e. The third-order valence-electron chi connectivity index (χ3n) is 3.50. The molecular weight excluding hydrogens is 381 g/mol. The molecular formula is C16H16INO3. The van der Waals surface area contributed by atoms with Crippen molar-refractivity contribution in [3.63, 3.8) is 0 Å². The van der Waals surface area contributed by atoms with Crippen LogP contribution in [0, 0.1) is 17.4 Å². The predicted molar refractivity (Wildman–Crippen MR) is 88.7 cm³/mol. The molecule has 0 unspecified atom stereocenters. The fraction of sp³-hybridized carbons (Fsp3) is 0.250. The van der Waals surface area contributed by atoms with Gasteiger partial charge in [0.1, 0.15) is 0 Å². The average Bonchev–Trinajstić information content (AvgIpc) is 2.72. The van der Waals surface area contributed by atoms with Crippen LogP contribution in [-0.2, 0) is 11.8 Å². The standard InChI is InChI=1S/C16H16INO3/c1-10-8-13(11(2)18(10)3)15(19)9-21-16(20)12-6-4-5-7-14(12)17/h4-8H,9H2,1-3H3. The Morgan fingerprint density at radius 2 is 1.86 bits per heavy atom. The molecule has 0 amide bonds. The number of ether oxygens (including phenoxy) is 1. The Morgan fingerprint density at radius 1 is 1.19 bits per heavy atom. The van der Waals surface area contributed by atoms with E-state index in [2.05, 4.69) is 22.6 Å². The van der Waals surface area contributed by atoms with Crippen molar-refractivity contribution >= 4 is 34.3 Å². The summed E-state index contributed by atoms with van der Waals surface area (Å²) in [7, 11) is 1.90. The summed E-state index contributed by atoms with van der Waals surface area (Å²) in [6.07, 6.45) is 0. The molecule has 1 aromatic heterocycles. The lowest BCUT2D eigenvalue weighted by Gasteiger charge is -2.06. The number of carbonyl (C=O) groups is 2. The molecule has 0 aliphatic carbocycles. The van der Waals surface area contributed by atoms with E-state index in [0.717, 1.165) is 15.0 Å². The number of hydrogen-bond acceptors (Lipinski definition) is 3. The van der Waals surface area contributed by atoms with E-state index in [1.165, 1.54) is 0 Å². The third kappa shape index (κ3) is 3.34. The Morgan fingerprint density at radius 3 is 2.43 bits per heavy atom. The SMILES string of the molecule is Cc1cc(C(=O)COC(=O)c2ccccc2I)c(C)n1C. The molecule has 0 atom stereocenters. The van der Waals surface area contributed by atoms with Crippen molar-refractivity contribution in [2.45, 2.75) is 13.8 Å². The van der Waals surface area contributed by atoms with Crippen LogP contribution in [0.2, 0.25) is 0 Å². The lowest BCUT2D eigenvalue weighted by molar-refractivity contribution is 0.0473. The lowest BCUT2D eigenvalue weighted by atomic mass is 10.1. The number of nitrogens with zero attached hydrogens (tertiary/aromatic N) is 1. The molecule has 21 heavy (non-hydrogen) atoms. The highest BCUT2D eigenvalue weighted by atomic mass is 127. The Kier molecular flexibility index (Phi) is 4.82. The lowest BCUT2D eigenvalue weighted by Crippen LogP contribution is -2.15. The van der Waals surface area contributed by atoms with Gasteiger partial charge in [-0.25, -0.2) is 4.79 Å². The maximum Gasteiger partial charge on any atom is 0.339 e. The van der Waals surface area contributed by atoms with E-state index in [-0.39, 0.29) is 12.4 Å². The van der Waals surface area contributed by atoms with Crippen molar-refractivity contribution < 1.29 is 14.3 Å². The third-order valence-corrected chi connectivity index (χ3v) is 4.44. The van der Waals surface area contributed by atoms with Gasteiger partial charge in [-0.3, -0.25) is 4.79 Å². The topological polar surface area (TPSA) is 48.3 Å². The zero-order valence-corrected chi connectivity index (χ0v) is 14.3. The van der Waals surface area contributed by atoms with E-state index in [4.69, 9.17) is 4.74 Å². The summed E-state index contributed by atoms with van der Waals surface area (Å²) in [6, 6.07) is 8.94. The number of ketones is 1. The van der Waals surface area contributed by atoms with Gasteiger partial charge in [0.15, 0.2) is 6.61 Å². The minimum atomic E-state index is -0.473. The normalized spacial score (nSPS) is 10.5. The molecule has 0 spiro atoms. The molecule has 2 aromatic rings. The van der Waals surface area contributed by atoms with Gasteiger partial charge in [0.25, 0.3) is 0 Å². The molecule has 0 bridgehead atoms. The summed E-state index contributed by atoms with van der Waals surface area (Å²) < 4.78 is 7.87. The van der Waals surface area contributed by atoms with Crippen LogP contribution in [0.4, 0.5) is 0 Å². The van der Waals surface area contributed by atoms with Crippen molar-refractivity contribution in [2.24, 2.45) is 7.05 Å². The molecule has 0 saturated carbocycles. The van der Waals surface area contributed by atoms with Crippen LogP contribution in [0.25, 0.3) is 0 Å². The van der Waals surface area contributed by atoms with Gasteiger partial charge in [-0.1, -0.05) is 12.1 Å². The van der Waals surface area contributed by atoms with Gasteiger partial charge < -0.3 is 9.30 Å². The second kappa shape index (κ2) is 6.43. The van der Waals surface area contributed by atoms with Crippen molar-refractivity contribution in [1.82, 2.24) is 4.57 Å². The Bertz CT molecular complexity index is 704. The van der Waals surface area contributed by atoms with Gasteiger partial charge in [-0.15, -0.1) is 0 Å². The molecule has 1 aromatic carbocycles. The number of benzene rings is 1. The van der Waals surface area contributed by atoms with Crippen LogP contribution < -0.4 is 0 Å². The van der Waals surface area contributed by atoms with E-state index < -0.39 is 5.97 Å².